The molecule has 3 aromatic rings. The summed E-state index contributed by atoms with van der Waals surface area (Å²) in [6.07, 6.45) is 0.833. The standard InChI is InChI=1S/C21H25N5OS/c1-5-18(17-9-6-14(2)7-10-17)22-20(27)13-28-21-23-24-25-26(21)19-11-8-15(3)12-16(19)4/h6-12,18H,5,13H2,1-4H3,(H,22,27)/t18-/m1/s1. The number of tetrazole rings is 1. The number of carbonyl (C=O) groups is 1. The van der Waals surface area contributed by atoms with Crippen LogP contribution >= 0.6 is 11.8 Å². The molecule has 0 saturated heterocycles. The number of rotatable bonds is 7. The van der Waals surface area contributed by atoms with Crippen molar-refractivity contribution in [2.45, 2.75) is 45.3 Å². The van der Waals surface area contributed by atoms with Crippen molar-refractivity contribution < 1.29 is 4.79 Å². The number of hydrogen-bond donors (Lipinski definition) is 1. The summed E-state index contributed by atoms with van der Waals surface area (Å²) in [5.41, 5.74) is 5.52. The molecule has 6 nitrogen and oxygen atoms in total. The van der Waals surface area contributed by atoms with Crippen LogP contribution in [0.2, 0.25) is 0 Å². The van der Waals surface area contributed by atoms with Crippen molar-refractivity contribution in [2.24, 2.45) is 0 Å². The summed E-state index contributed by atoms with van der Waals surface area (Å²) in [6.45, 7) is 8.20. The van der Waals surface area contributed by atoms with E-state index in [1.165, 1.54) is 22.9 Å². The van der Waals surface area contributed by atoms with Crippen molar-refractivity contribution in [3.05, 3.63) is 64.7 Å². The van der Waals surface area contributed by atoms with Crippen molar-refractivity contribution in [1.29, 1.82) is 0 Å². The van der Waals surface area contributed by atoms with E-state index in [0.29, 0.717) is 5.16 Å². The van der Waals surface area contributed by atoms with E-state index < -0.39 is 0 Å². The van der Waals surface area contributed by atoms with Gasteiger partial charge in [-0.25, -0.2) is 0 Å². The molecule has 7 heteroatoms. The van der Waals surface area contributed by atoms with Gasteiger partial charge in [0.25, 0.3) is 0 Å². The van der Waals surface area contributed by atoms with Crippen LogP contribution in [-0.4, -0.2) is 31.9 Å². The number of hydrogen-bond acceptors (Lipinski definition) is 5. The fraction of sp³-hybridized carbons (Fsp3) is 0.333. The third-order valence-corrected chi connectivity index (χ3v) is 5.50. The maximum absolute atomic E-state index is 12.5. The Kier molecular flexibility index (Phi) is 6.46. The van der Waals surface area contributed by atoms with Gasteiger partial charge in [-0.15, -0.1) is 5.10 Å². The van der Waals surface area contributed by atoms with Crippen molar-refractivity contribution in [3.8, 4) is 5.69 Å². The molecule has 0 bridgehead atoms. The van der Waals surface area contributed by atoms with E-state index in [9.17, 15) is 4.79 Å². The first-order valence-corrected chi connectivity index (χ1v) is 10.3. The zero-order valence-corrected chi connectivity index (χ0v) is 17.5. The van der Waals surface area contributed by atoms with Crippen LogP contribution in [0.15, 0.2) is 47.6 Å². The van der Waals surface area contributed by atoms with E-state index in [1.54, 1.807) is 4.68 Å². The Labute approximate surface area is 169 Å². The summed E-state index contributed by atoms with van der Waals surface area (Å²) >= 11 is 1.33. The van der Waals surface area contributed by atoms with Crippen molar-refractivity contribution in [2.75, 3.05) is 5.75 Å². The summed E-state index contributed by atoms with van der Waals surface area (Å²) in [5, 5.41) is 15.7. The molecule has 1 atom stereocenters. The lowest BCUT2D eigenvalue weighted by Crippen LogP contribution is -2.29. The fourth-order valence-electron chi connectivity index (χ4n) is 3.05. The first kappa shape index (κ1) is 20.1. The van der Waals surface area contributed by atoms with Crippen LogP contribution in [0, 0.1) is 20.8 Å². The van der Waals surface area contributed by atoms with Crippen molar-refractivity contribution >= 4 is 17.7 Å². The maximum Gasteiger partial charge on any atom is 0.230 e. The molecule has 0 aliphatic heterocycles. The van der Waals surface area contributed by atoms with Gasteiger partial charge in [0.2, 0.25) is 11.1 Å². The maximum atomic E-state index is 12.5. The van der Waals surface area contributed by atoms with Crippen molar-refractivity contribution in [1.82, 2.24) is 25.5 Å². The Morgan fingerprint density at radius 2 is 1.82 bits per heavy atom. The van der Waals surface area contributed by atoms with Gasteiger partial charge in [0.05, 0.1) is 17.5 Å². The number of benzene rings is 2. The molecular formula is C21H25N5OS. The molecule has 2 aromatic carbocycles. The molecule has 0 radical (unpaired) electrons. The van der Waals surface area contributed by atoms with Gasteiger partial charge in [-0.2, -0.15) is 4.68 Å². The highest BCUT2D eigenvalue weighted by Gasteiger charge is 2.16. The number of aryl methyl sites for hydroxylation is 3. The molecule has 146 valence electrons. The predicted molar refractivity (Wildman–Crippen MR) is 112 cm³/mol. The topological polar surface area (TPSA) is 72.7 Å². The molecule has 0 fully saturated rings. The highest BCUT2D eigenvalue weighted by molar-refractivity contribution is 7.99. The monoisotopic (exact) mass is 395 g/mol. The average Bonchev–Trinajstić information content (AvgIpc) is 3.13. The molecule has 1 heterocycles. The van der Waals surface area contributed by atoms with E-state index in [4.69, 9.17) is 0 Å². The highest BCUT2D eigenvalue weighted by Crippen LogP contribution is 2.22. The minimum atomic E-state index is -0.0346. The van der Waals surface area contributed by atoms with Gasteiger partial charge in [-0.1, -0.05) is 66.2 Å². The summed E-state index contributed by atoms with van der Waals surface area (Å²) in [7, 11) is 0. The zero-order chi connectivity index (χ0) is 20.1. The Morgan fingerprint density at radius 1 is 1.11 bits per heavy atom. The number of nitrogens with one attached hydrogen (secondary N) is 1. The zero-order valence-electron chi connectivity index (χ0n) is 16.6. The molecule has 28 heavy (non-hydrogen) atoms. The van der Waals surface area contributed by atoms with Crippen LogP contribution in [0.4, 0.5) is 0 Å². The third-order valence-electron chi connectivity index (χ3n) is 4.58. The van der Waals surface area contributed by atoms with Crippen LogP contribution in [0.1, 0.15) is 41.6 Å². The van der Waals surface area contributed by atoms with Crippen molar-refractivity contribution in [3.63, 3.8) is 0 Å². The van der Waals surface area contributed by atoms with E-state index in [-0.39, 0.29) is 17.7 Å². The van der Waals surface area contributed by atoms with Gasteiger partial charge in [-0.3, -0.25) is 4.79 Å². The van der Waals surface area contributed by atoms with Gasteiger partial charge < -0.3 is 5.32 Å². The average molecular weight is 396 g/mol. The van der Waals surface area contributed by atoms with Crippen LogP contribution in [-0.2, 0) is 4.79 Å². The number of nitrogens with zero attached hydrogens (tertiary/aromatic N) is 4. The van der Waals surface area contributed by atoms with Gasteiger partial charge in [0.15, 0.2) is 0 Å². The van der Waals surface area contributed by atoms with Gasteiger partial charge in [-0.05, 0) is 54.8 Å². The lowest BCUT2D eigenvalue weighted by Gasteiger charge is -2.17. The summed E-state index contributed by atoms with van der Waals surface area (Å²) in [6, 6.07) is 14.4. The third kappa shape index (κ3) is 4.78. The molecule has 1 N–H and O–H groups in total. The Balaban J connectivity index is 1.65. The lowest BCUT2D eigenvalue weighted by atomic mass is 10.0. The predicted octanol–water partition coefficient (Wildman–Crippen LogP) is 3.95. The largest absolute Gasteiger partial charge is 0.349 e. The quantitative estimate of drug-likeness (QED) is 0.613. The van der Waals surface area contributed by atoms with Crippen LogP contribution < -0.4 is 5.32 Å². The van der Waals surface area contributed by atoms with Gasteiger partial charge >= 0.3 is 0 Å². The molecule has 0 aliphatic carbocycles. The Morgan fingerprint density at radius 3 is 2.50 bits per heavy atom. The summed E-state index contributed by atoms with van der Waals surface area (Å²) < 4.78 is 1.68. The second-order valence-electron chi connectivity index (χ2n) is 6.89. The van der Waals surface area contributed by atoms with Crippen LogP contribution in [0.3, 0.4) is 0 Å². The van der Waals surface area contributed by atoms with Crippen LogP contribution in [0.5, 0.6) is 0 Å². The molecule has 3 rings (SSSR count). The molecule has 1 amide bonds. The molecular weight excluding hydrogens is 370 g/mol. The summed E-state index contributed by atoms with van der Waals surface area (Å²) in [5.74, 6) is 0.223. The number of aromatic nitrogens is 4. The van der Waals surface area contributed by atoms with Gasteiger partial charge in [0.1, 0.15) is 0 Å². The second-order valence-corrected chi connectivity index (χ2v) is 7.83. The second kappa shape index (κ2) is 9.01. The number of thioether (sulfide) groups is 1. The molecule has 0 spiro atoms. The Bertz CT molecular complexity index is 952. The smallest absolute Gasteiger partial charge is 0.230 e. The first-order valence-electron chi connectivity index (χ1n) is 9.32. The normalized spacial score (nSPS) is 12.0. The van der Waals surface area contributed by atoms with Crippen LogP contribution in [0.25, 0.3) is 5.69 Å². The SMILES string of the molecule is CC[C@@H](NC(=O)CSc1nnnn1-c1ccc(C)cc1C)c1ccc(C)cc1. The highest BCUT2D eigenvalue weighted by atomic mass is 32.2. The lowest BCUT2D eigenvalue weighted by molar-refractivity contribution is -0.119. The summed E-state index contributed by atoms with van der Waals surface area (Å²) in [4.78, 5) is 12.5. The number of carbonyl (C=O) groups excluding carboxylic acids is 1. The fourth-order valence-corrected chi connectivity index (χ4v) is 3.74. The van der Waals surface area contributed by atoms with E-state index in [0.717, 1.165) is 23.2 Å². The Hall–Kier alpha value is -2.67. The minimum Gasteiger partial charge on any atom is -0.349 e. The first-order chi connectivity index (χ1) is 13.5. The molecule has 1 aromatic heterocycles. The van der Waals surface area contributed by atoms with Gasteiger partial charge in [0, 0.05) is 0 Å². The minimum absolute atomic E-state index is 0.00374. The van der Waals surface area contributed by atoms with E-state index in [1.807, 2.05) is 19.1 Å². The van der Waals surface area contributed by atoms with E-state index >= 15 is 0 Å². The molecule has 0 saturated carbocycles. The molecule has 0 unspecified atom stereocenters. The number of amides is 1. The molecule has 0 aliphatic rings. The van der Waals surface area contributed by atoms with E-state index in [2.05, 4.69) is 71.9 Å².